The Bertz CT molecular complexity index is 2460. The molecule has 5 aromatic carbocycles. The number of Topliss-reactive ketones (excluding diaryl/α,β-unsaturated/α-hetero) is 2. The standard InChI is InChI=1S/C17H16O5.C16H14O5.C9H6O4/c18-8-11-6-12-14(20)7-15(10-4-2-1-3-5-10)22-17(12)16(21)13(11)9-19;17-8-10-6-11(18)14-12(19)7-13(21-16(14)15(10)20)9-4-2-1-3-5-9;10-6-3-5-1-2-9(12)13-8(5)4-7(6)11/h1-6,15,18-19,21H,7-9H2;1-6,13,17-18,20H,7-8H2;1-4,10-11H. The van der Waals surface area contributed by atoms with Gasteiger partial charge in [0.15, 0.2) is 46.1 Å². The van der Waals surface area contributed by atoms with Gasteiger partial charge in [-0.1, -0.05) is 60.7 Å². The molecule has 56 heavy (non-hydrogen) atoms. The first-order valence-electron chi connectivity index (χ1n) is 17.2. The van der Waals surface area contributed by atoms with Gasteiger partial charge in [0.05, 0.1) is 38.2 Å². The molecule has 0 bridgehead atoms. The van der Waals surface area contributed by atoms with Crippen molar-refractivity contribution in [2.45, 2.75) is 44.9 Å². The van der Waals surface area contributed by atoms with Crippen LogP contribution in [0.3, 0.4) is 0 Å². The van der Waals surface area contributed by atoms with Crippen LogP contribution in [-0.4, -0.2) is 52.4 Å². The third kappa shape index (κ3) is 7.98. The van der Waals surface area contributed by atoms with Crippen molar-refractivity contribution in [3.63, 3.8) is 0 Å². The number of ketones is 2. The zero-order chi connectivity index (χ0) is 40.1. The molecule has 288 valence electrons. The first-order chi connectivity index (χ1) is 26.9. The van der Waals surface area contributed by atoms with Crippen molar-refractivity contribution in [3.05, 3.63) is 146 Å². The normalized spacial score (nSPS) is 15.6. The van der Waals surface area contributed by atoms with Gasteiger partial charge in [0.1, 0.15) is 29.1 Å². The number of aromatic hydroxyl groups is 5. The van der Waals surface area contributed by atoms with Crippen molar-refractivity contribution < 1.29 is 64.3 Å². The molecule has 14 nitrogen and oxygen atoms in total. The van der Waals surface area contributed by atoms with Gasteiger partial charge in [-0.25, -0.2) is 4.79 Å². The predicted molar refractivity (Wildman–Crippen MR) is 199 cm³/mol. The van der Waals surface area contributed by atoms with Gasteiger partial charge in [-0.2, -0.15) is 0 Å². The van der Waals surface area contributed by atoms with E-state index in [-0.39, 0.29) is 99.1 Å². The highest BCUT2D eigenvalue weighted by molar-refractivity contribution is 6.03. The van der Waals surface area contributed by atoms with Crippen molar-refractivity contribution in [2.24, 2.45) is 0 Å². The van der Waals surface area contributed by atoms with Crippen LogP contribution < -0.4 is 15.1 Å². The van der Waals surface area contributed by atoms with Crippen molar-refractivity contribution in [3.8, 4) is 40.2 Å². The molecule has 0 aliphatic carbocycles. The van der Waals surface area contributed by atoms with Crippen LogP contribution in [0.1, 0.15) is 73.6 Å². The largest absolute Gasteiger partial charge is 0.507 e. The average Bonchev–Trinajstić information content (AvgIpc) is 3.20. The van der Waals surface area contributed by atoms with E-state index in [1.54, 1.807) is 0 Å². The summed E-state index contributed by atoms with van der Waals surface area (Å²) < 4.78 is 16.3. The molecule has 0 saturated carbocycles. The minimum absolute atomic E-state index is 0.0307. The Morgan fingerprint density at radius 1 is 0.554 bits per heavy atom. The number of rotatable bonds is 5. The highest BCUT2D eigenvalue weighted by Gasteiger charge is 2.34. The number of benzene rings is 5. The van der Waals surface area contributed by atoms with Gasteiger partial charge >= 0.3 is 5.63 Å². The number of aliphatic hydroxyl groups excluding tert-OH is 3. The van der Waals surface area contributed by atoms with Crippen molar-refractivity contribution in [1.82, 2.24) is 0 Å². The van der Waals surface area contributed by atoms with E-state index in [0.717, 1.165) is 11.1 Å². The Kier molecular flexibility index (Phi) is 11.5. The lowest BCUT2D eigenvalue weighted by Gasteiger charge is -2.27. The number of hydrogen-bond acceptors (Lipinski definition) is 14. The summed E-state index contributed by atoms with van der Waals surface area (Å²) in [6.07, 6.45) is -0.744. The summed E-state index contributed by atoms with van der Waals surface area (Å²) >= 11 is 0. The minimum atomic E-state index is -0.523. The van der Waals surface area contributed by atoms with E-state index in [0.29, 0.717) is 10.9 Å². The molecule has 2 aliphatic heterocycles. The van der Waals surface area contributed by atoms with Gasteiger partial charge in [0.2, 0.25) is 0 Å². The van der Waals surface area contributed by atoms with Crippen LogP contribution >= 0.6 is 0 Å². The Morgan fingerprint density at radius 2 is 1.12 bits per heavy atom. The number of phenols is 5. The van der Waals surface area contributed by atoms with Crippen LogP contribution in [0.2, 0.25) is 0 Å². The van der Waals surface area contributed by atoms with Gasteiger partial charge in [-0.3, -0.25) is 9.59 Å². The number of carbonyl (C=O) groups is 2. The molecule has 2 atom stereocenters. The third-order valence-electron chi connectivity index (χ3n) is 9.16. The fourth-order valence-electron chi connectivity index (χ4n) is 6.29. The summed E-state index contributed by atoms with van der Waals surface area (Å²) in [6.45, 7) is -1.27. The first-order valence-corrected chi connectivity index (χ1v) is 17.2. The van der Waals surface area contributed by atoms with Gasteiger partial charge in [-0.15, -0.1) is 0 Å². The molecule has 0 spiro atoms. The fourth-order valence-corrected chi connectivity index (χ4v) is 6.29. The lowest BCUT2D eigenvalue weighted by atomic mass is 9.92. The van der Waals surface area contributed by atoms with Gasteiger partial charge in [0, 0.05) is 28.6 Å². The molecule has 2 unspecified atom stereocenters. The van der Waals surface area contributed by atoms with Crippen molar-refractivity contribution in [2.75, 3.05) is 0 Å². The summed E-state index contributed by atoms with van der Waals surface area (Å²) in [5, 5.41) is 76.9. The topological polar surface area (TPSA) is 245 Å². The molecule has 0 amide bonds. The van der Waals surface area contributed by atoms with Crippen LogP contribution in [0.15, 0.2) is 106 Å². The molecule has 0 saturated heterocycles. The second-order valence-corrected chi connectivity index (χ2v) is 12.7. The van der Waals surface area contributed by atoms with E-state index in [1.165, 1.54) is 36.4 Å². The van der Waals surface area contributed by atoms with Crippen LogP contribution in [0.4, 0.5) is 0 Å². The first kappa shape index (κ1) is 38.8. The zero-order valence-electron chi connectivity index (χ0n) is 29.5. The Labute approximate surface area is 317 Å². The minimum Gasteiger partial charge on any atom is -0.507 e. The molecule has 8 rings (SSSR count). The maximum atomic E-state index is 12.4. The maximum absolute atomic E-state index is 12.4. The number of aliphatic hydroxyl groups is 3. The molecule has 3 heterocycles. The van der Waals surface area contributed by atoms with Crippen LogP contribution in [-0.2, 0) is 19.8 Å². The summed E-state index contributed by atoms with van der Waals surface area (Å²) in [5.74, 6) is -1.87. The molecule has 8 N–H and O–H groups in total. The van der Waals surface area contributed by atoms with Gasteiger partial charge in [0.25, 0.3) is 0 Å². The predicted octanol–water partition coefficient (Wildman–Crippen LogP) is 5.58. The molecular weight excluding hydrogens is 728 g/mol. The fraction of sp³-hybridized carbons (Fsp3) is 0.167. The van der Waals surface area contributed by atoms with E-state index in [2.05, 4.69) is 0 Å². The summed E-state index contributed by atoms with van der Waals surface area (Å²) in [5.41, 5.74) is 2.26. The van der Waals surface area contributed by atoms with Crippen molar-refractivity contribution in [1.29, 1.82) is 0 Å². The molecule has 14 heteroatoms. The molecule has 1 aromatic heterocycles. The smallest absolute Gasteiger partial charge is 0.336 e. The van der Waals surface area contributed by atoms with Crippen LogP contribution in [0.5, 0.6) is 40.2 Å². The monoisotopic (exact) mass is 764 g/mol. The number of fused-ring (bicyclic) bond motifs is 3. The third-order valence-corrected chi connectivity index (χ3v) is 9.16. The molecular formula is C42H36O14. The highest BCUT2D eigenvalue weighted by Crippen LogP contribution is 2.47. The van der Waals surface area contributed by atoms with Gasteiger partial charge < -0.3 is 54.7 Å². The summed E-state index contributed by atoms with van der Waals surface area (Å²) in [6, 6.07) is 26.4. The van der Waals surface area contributed by atoms with Crippen LogP contribution in [0, 0.1) is 0 Å². The second kappa shape index (κ2) is 16.7. The van der Waals surface area contributed by atoms with E-state index < -0.39 is 31.0 Å². The lowest BCUT2D eigenvalue weighted by molar-refractivity contribution is 0.0829. The average molecular weight is 765 g/mol. The Morgan fingerprint density at radius 3 is 1.71 bits per heavy atom. The number of hydrogen-bond donors (Lipinski definition) is 8. The highest BCUT2D eigenvalue weighted by atomic mass is 16.5. The molecule has 6 aromatic rings. The van der Waals surface area contributed by atoms with E-state index in [9.17, 15) is 45.0 Å². The van der Waals surface area contributed by atoms with Gasteiger partial charge in [-0.05, 0) is 41.0 Å². The SMILES string of the molecule is O=C1CC(c2ccccc2)Oc2c(O)c(CO)cc(O)c21.O=C1CC(c2ccccc2)Oc2c1cc(CO)c(CO)c2O.O=c1ccc2cc(O)c(O)cc2o1. The maximum Gasteiger partial charge on any atom is 0.336 e. The second-order valence-electron chi connectivity index (χ2n) is 12.7. The number of carbonyl (C=O) groups excluding carboxylic acids is 2. The van der Waals surface area contributed by atoms with Crippen molar-refractivity contribution >= 4 is 22.5 Å². The lowest BCUT2D eigenvalue weighted by Crippen LogP contribution is -2.21. The van der Waals surface area contributed by atoms with E-state index in [4.69, 9.17) is 24.1 Å². The van der Waals surface area contributed by atoms with E-state index >= 15 is 0 Å². The molecule has 0 radical (unpaired) electrons. The summed E-state index contributed by atoms with van der Waals surface area (Å²) in [7, 11) is 0. The van der Waals surface area contributed by atoms with E-state index in [1.807, 2.05) is 60.7 Å². The van der Waals surface area contributed by atoms with Crippen LogP contribution in [0.25, 0.3) is 11.0 Å². The number of ether oxygens (including phenoxy) is 2. The number of phenolic OH excluding ortho intramolecular Hbond substituents is 3. The zero-order valence-corrected chi connectivity index (χ0v) is 29.5. The molecule has 2 aliphatic rings. The Balaban J connectivity index is 0.000000147. The molecule has 0 fully saturated rings. The Hall–Kier alpha value is -6.87. The quantitative estimate of drug-likeness (QED) is 0.0607. The summed E-state index contributed by atoms with van der Waals surface area (Å²) in [4.78, 5) is 35.4.